The van der Waals surface area contributed by atoms with Crippen LogP contribution in [-0.4, -0.2) is 25.0 Å². The number of para-hydroxylation sites is 2. The highest BCUT2D eigenvalue weighted by Gasteiger charge is 2.31. The number of hydrogen-bond donors (Lipinski definition) is 1. The van der Waals surface area contributed by atoms with Gasteiger partial charge in [-0.2, -0.15) is 13.2 Å². The maximum atomic E-state index is 12.7. The Kier molecular flexibility index (Phi) is 4.35. The van der Waals surface area contributed by atoms with Gasteiger partial charge in [0.05, 0.1) is 16.9 Å². The Morgan fingerprint density at radius 3 is 2.68 bits per heavy atom. The van der Waals surface area contributed by atoms with E-state index in [0.29, 0.717) is 11.4 Å². The molecule has 3 rings (SSSR count). The Morgan fingerprint density at radius 2 is 1.92 bits per heavy atom. The van der Waals surface area contributed by atoms with E-state index in [1.54, 1.807) is 24.3 Å². The molecule has 0 spiro atoms. The predicted molar refractivity (Wildman–Crippen MR) is 84.4 cm³/mol. The van der Waals surface area contributed by atoms with Crippen molar-refractivity contribution >= 4 is 23.2 Å². The van der Waals surface area contributed by atoms with Crippen LogP contribution in [0.25, 0.3) is 0 Å². The van der Waals surface area contributed by atoms with E-state index in [1.807, 2.05) is 0 Å². The zero-order chi connectivity index (χ0) is 18.0. The van der Waals surface area contributed by atoms with Crippen LogP contribution in [0.2, 0.25) is 0 Å². The van der Waals surface area contributed by atoms with Gasteiger partial charge in [-0.25, -0.2) is 0 Å². The van der Waals surface area contributed by atoms with Gasteiger partial charge >= 0.3 is 6.18 Å². The Morgan fingerprint density at radius 1 is 1.16 bits per heavy atom. The van der Waals surface area contributed by atoms with E-state index < -0.39 is 24.3 Å². The smallest absolute Gasteiger partial charge is 0.416 e. The number of alkyl halides is 3. The van der Waals surface area contributed by atoms with Gasteiger partial charge in [0.25, 0.3) is 5.91 Å². The van der Waals surface area contributed by atoms with Crippen LogP contribution < -0.4 is 15.0 Å². The van der Waals surface area contributed by atoms with Crippen LogP contribution in [-0.2, 0) is 15.8 Å². The third kappa shape index (κ3) is 3.73. The summed E-state index contributed by atoms with van der Waals surface area (Å²) >= 11 is 0. The van der Waals surface area contributed by atoms with Gasteiger partial charge in [0, 0.05) is 0 Å². The molecule has 2 aromatic carbocycles. The molecule has 1 N–H and O–H groups in total. The Labute approximate surface area is 141 Å². The van der Waals surface area contributed by atoms with E-state index in [-0.39, 0.29) is 18.2 Å². The van der Waals surface area contributed by atoms with Crippen LogP contribution >= 0.6 is 0 Å². The summed E-state index contributed by atoms with van der Waals surface area (Å²) in [6.07, 6.45) is -4.49. The lowest BCUT2D eigenvalue weighted by Gasteiger charge is -2.29. The first-order valence-corrected chi connectivity index (χ1v) is 7.34. The second-order valence-electron chi connectivity index (χ2n) is 5.36. The summed E-state index contributed by atoms with van der Waals surface area (Å²) in [4.78, 5) is 25.3. The Bertz CT molecular complexity index is 821. The van der Waals surface area contributed by atoms with Crippen molar-refractivity contribution in [3.8, 4) is 5.75 Å². The van der Waals surface area contributed by atoms with Crippen molar-refractivity contribution in [2.24, 2.45) is 0 Å². The van der Waals surface area contributed by atoms with Crippen LogP contribution in [0.1, 0.15) is 5.56 Å². The number of carbonyl (C=O) groups excluding carboxylic acids is 2. The predicted octanol–water partition coefficient (Wildman–Crippen LogP) is 3.07. The zero-order valence-electron chi connectivity index (χ0n) is 12.8. The van der Waals surface area contributed by atoms with Gasteiger partial charge in [-0.3, -0.25) is 14.5 Å². The molecule has 0 atom stereocenters. The molecule has 5 nitrogen and oxygen atoms in total. The van der Waals surface area contributed by atoms with Crippen LogP contribution in [0.15, 0.2) is 48.5 Å². The third-order valence-corrected chi connectivity index (χ3v) is 3.60. The number of anilines is 2. The molecule has 0 unspecified atom stereocenters. The van der Waals surface area contributed by atoms with Gasteiger partial charge in [-0.15, -0.1) is 0 Å². The highest BCUT2D eigenvalue weighted by molar-refractivity contribution is 6.10. The molecule has 1 aliphatic rings. The normalized spacial score (nSPS) is 13.9. The van der Waals surface area contributed by atoms with Gasteiger partial charge in [0.2, 0.25) is 5.91 Å². The fourth-order valence-electron chi connectivity index (χ4n) is 2.44. The van der Waals surface area contributed by atoms with Gasteiger partial charge in [-0.05, 0) is 30.3 Å². The Hall–Kier alpha value is -3.03. The standard InChI is InChI=1S/C17H13F3N2O3/c18-17(19,20)11-4-3-5-12(8-11)25-10-16(24)22-9-15(23)21-13-6-1-2-7-14(13)22/h1-8H,9-10H2,(H,21,23). The van der Waals surface area contributed by atoms with Crippen LogP contribution in [0, 0.1) is 0 Å². The molecule has 0 radical (unpaired) electrons. The van der Waals surface area contributed by atoms with E-state index in [0.717, 1.165) is 12.1 Å². The minimum atomic E-state index is -4.49. The van der Waals surface area contributed by atoms with E-state index in [9.17, 15) is 22.8 Å². The molecule has 2 amide bonds. The summed E-state index contributed by atoms with van der Waals surface area (Å²) in [6.45, 7) is -0.662. The second-order valence-corrected chi connectivity index (χ2v) is 5.36. The summed E-state index contributed by atoms with van der Waals surface area (Å²) in [5.74, 6) is -0.955. The number of nitrogens with zero attached hydrogens (tertiary/aromatic N) is 1. The number of amides is 2. The van der Waals surface area contributed by atoms with Crippen molar-refractivity contribution in [2.75, 3.05) is 23.4 Å². The van der Waals surface area contributed by atoms with E-state index in [2.05, 4.69) is 5.32 Å². The highest BCUT2D eigenvalue weighted by Crippen LogP contribution is 2.32. The SMILES string of the molecule is O=C1CN(C(=O)COc2cccc(C(F)(F)F)c2)c2ccccc2N1. The summed E-state index contributed by atoms with van der Waals surface area (Å²) < 4.78 is 43.3. The molecule has 2 aromatic rings. The first kappa shape index (κ1) is 16.8. The second kappa shape index (κ2) is 6.46. The molecule has 8 heteroatoms. The molecule has 0 saturated heterocycles. The maximum absolute atomic E-state index is 12.7. The monoisotopic (exact) mass is 350 g/mol. The molecule has 130 valence electrons. The first-order valence-electron chi connectivity index (χ1n) is 7.34. The molecule has 0 saturated carbocycles. The summed E-state index contributed by atoms with van der Waals surface area (Å²) in [5.41, 5.74) is 0.144. The van der Waals surface area contributed by atoms with Gasteiger partial charge in [-0.1, -0.05) is 18.2 Å². The van der Waals surface area contributed by atoms with Gasteiger partial charge in [0.15, 0.2) is 6.61 Å². The molecule has 0 fully saturated rings. The Balaban J connectivity index is 1.73. The molecule has 0 aromatic heterocycles. The van der Waals surface area contributed by atoms with Crippen molar-refractivity contribution in [1.29, 1.82) is 0 Å². The molecular formula is C17H13F3N2O3. The maximum Gasteiger partial charge on any atom is 0.416 e. The van der Waals surface area contributed by atoms with Crippen molar-refractivity contribution in [2.45, 2.75) is 6.18 Å². The van der Waals surface area contributed by atoms with E-state index in [4.69, 9.17) is 4.74 Å². The van der Waals surface area contributed by atoms with Crippen LogP contribution in [0.5, 0.6) is 5.75 Å². The number of ether oxygens (including phenoxy) is 1. The fraction of sp³-hybridized carbons (Fsp3) is 0.176. The number of fused-ring (bicyclic) bond motifs is 1. The average Bonchev–Trinajstić information content (AvgIpc) is 2.58. The number of carbonyl (C=O) groups is 2. The summed E-state index contributed by atoms with van der Waals surface area (Å²) in [5, 5.41) is 2.64. The van der Waals surface area contributed by atoms with Crippen molar-refractivity contribution in [3.05, 3.63) is 54.1 Å². The quantitative estimate of drug-likeness (QED) is 0.926. The molecule has 0 bridgehead atoms. The van der Waals surface area contributed by atoms with Gasteiger partial charge < -0.3 is 10.1 Å². The lowest BCUT2D eigenvalue weighted by atomic mass is 10.2. The van der Waals surface area contributed by atoms with Crippen molar-refractivity contribution in [1.82, 2.24) is 0 Å². The molecule has 1 aliphatic heterocycles. The van der Waals surface area contributed by atoms with Crippen molar-refractivity contribution < 1.29 is 27.5 Å². The van der Waals surface area contributed by atoms with Crippen molar-refractivity contribution in [3.63, 3.8) is 0 Å². The molecule has 1 heterocycles. The summed E-state index contributed by atoms with van der Waals surface area (Å²) in [7, 11) is 0. The third-order valence-electron chi connectivity index (χ3n) is 3.60. The number of rotatable bonds is 3. The molecule has 0 aliphatic carbocycles. The van der Waals surface area contributed by atoms with E-state index >= 15 is 0 Å². The molecular weight excluding hydrogens is 337 g/mol. The van der Waals surface area contributed by atoms with Crippen LogP contribution in [0.4, 0.5) is 24.5 Å². The lowest BCUT2D eigenvalue weighted by molar-refractivity contribution is -0.137. The number of nitrogens with one attached hydrogen (secondary N) is 1. The lowest BCUT2D eigenvalue weighted by Crippen LogP contribution is -2.44. The average molecular weight is 350 g/mol. The fourth-order valence-corrected chi connectivity index (χ4v) is 2.44. The number of hydrogen-bond acceptors (Lipinski definition) is 3. The largest absolute Gasteiger partial charge is 0.484 e. The highest BCUT2D eigenvalue weighted by atomic mass is 19.4. The van der Waals surface area contributed by atoms with E-state index in [1.165, 1.54) is 17.0 Å². The number of halogens is 3. The minimum Gasteiger partial charge on any atom is -0.484 e. The zero-order valence-corrected chi connectivity index (χ0v) is 12.8. The minimum absolute atomic E-state index is 0.0714. The topological polar surface area (TPSA) is 58.6 Å². The van der Waals surface area contributed by atoms with Gasteiger partial charge in [0.1, 0.15) is 12.3 Å². The summed E-state index contributed by atoms with van der Waals surface area (Å²) in [6, 6.07) is 11.0. The van der Waals surface area contributed by atoms with Crippen LogP contribution in [0.3, 0.4) is 0 Å². The first-order chi connectivity index (χ1) is 11.8. The molecule has 25 heavy (non-hydrogen) atoms. The number of benzene rings is 2.